The molecule has 2 aromatic heterocycles. The quantitative estimate of drug-likeness (QED) is 0.551. The van der Waals surface area contributed by atoms with Crippen molar-refractivity contribution in [1.82, 2.24) is 25.0 Å². The molecule has 1 aliphatic rings. The zero-order chi connectivity index (χ0) is 20.9. The van der Waals surface area contributed by atoms with E-state index in [1.807, 2.05) is 0 Å². The van der Waals surface area contributed by atoms with Crippen LogP contribution in [0.2, 0.25) is 0 Å². The highest BCUT2D eigenvalue weighted by Crippen LogP contribution is 2.33. The lowest BCUT2D eigenvalue weighted by Crippen LogP contribution is -2.48. The van der Waals surface area contributed by atoms with Crippen LogP contribution < -0.4 is 0 Å². The maximum absolute atomic E-state index is 12.9. The molecule has 1 fully saturated rings. The Bertz CT molecular complexity index is 1240. The van der Waals surface area contributed by atoms with Gasteiger partial charge in [-0.05, 0) is 30.3 Å². The van der Waals surface area contributed by atoms with E-state index in [0.29, 0.717) is 24.5 Å². The molecule has 0 bridgehead atoms. The van der Waals surface area contributed by atoms with Crippen LogP contribution >= 0.6 is 0 Å². The molecule has 1 saturated heterocycles. The van der Waals surface area contributed by atoms with Gasteiger partial charge in [-0.25, -0.2) is 4.98 Å². The third-order valence-corrected chi connectivity index (χ3v) is 5.08. The Labute approximate surface area is 167 Å². The average molecular weight is 413 g/mol. The highest BCUT2D eigenvalue weighted by Gasteiger charge is 2.36. The number of imidazole rings is 1. The molecule has 1 N–H and O–H groups in total. The van der Waals surface area contributed by atoms with Crippen molar-refractivity contribution in [2.24, 2.45) is 0 Å². The zero-order valence-corrected chi connectivity index (χ0v) is 15.3. The number of hydrogen-bond donors (Lipinski definition) is 1. The number of nitrogens with one attached hydrogen (secondary N) is 1. The molecule has 0 spiro atoms. The van der Waals surface area contributed by atoms with E-state index in [1.54, 1.807) is 29.4 Å². The summed E-state index contributed by atoms with van der Waals surface area (Å²) >= 11 is 0. The molecule has 0 radical (unpaired) electrons. The number of benzene rings is 2. The first-order chi connectivity index (χ1) is 14.4. The lowest BCUT2D eigenvalue weighted by atomic mass is 9.98. The first kappa shape index (κ1) is 18.3. The van der Waals surface area contributed by atoms with Crippen LogP contribution in [0, 0.1) is 0 Å². The second kappa shape index (κ2) is 6.68. The number of fused-ring (bicyclic) bond motifs is 1. The SMILES string of the molecule is O=C(c1ccc2nc[nH]c2c1)N1CC(c2nc(-c3cccc(C(F)(F)F)c3)no2)C1. The van der Waals surface area contributed by atoms with Gasteiger partial charge in [-0.1, -0.05) is 17.3 Å². The van der Waals surface area contributed by atoms with E-state index < -0.39 is 11.7 Å². The van der Waals surface area contributed by atoms with Crippen molar-refractivity contribution in [3.63, 3.8) is 0 Å². The summed E-state index contributed by atoms with van der Waals surface area (Å²) in [7, 11) is 0. The van der Waals surface area contributed by atoms with Crippen molar-refractivity contribution in [2.45, 2.75) is 12.1 Å². The number of carbonyl (C=O) groups excluding carboxylic acids is 1. The van der Waals surface area contributed by atoms with Gasteiger partial charge < -0.3 is 14.4 Å². The maximum Gasteiger partial charge on any atom is 0.416 e. The molecule has 7 nitrogen and oxygen atoms in total. The molecule has 1 aliphatic heterocycles. The summed E-state index contributed by atoms with van der Waals surface area (Å²) in [6.07, 6.45) is -2.88. The Morgan fingerprint density at radius 2 is 2.00 bits per heavy atom. The molecule has 5 rings (SSSR count). The van der Waals surface area contributed by atoms with Gasteiger partial charge in [-0.2, -0.15) is 18.2 Å². The normalized spacial score (nSPS) is 14.8. The molecule has 0 aliphatic carbocycles. The van der Waals surface area contributed by atoms with Gasteiger partial charge in [0.2, 0.25) is 11.7 Å². The Kier molecular flexibility index (Phi) is 4.09. The minimum absolute atomic E-state index is 0.0885. The van der Waals surface area contributed by atoms with E-state index in [9.17, 15) is 18.0 Å². The van der Waals surface area contributed by atoms with Gasteiger partial charge in [0.15, 0.2) is 0 Å². The second-order valence-electron chi connectivity index (χ2n) is 7.08. The molecule has 1 amide bonds. The van der Waals surface area contributed by atoms with Crippen LogP contribution in [0.3, 0.4) is 0 Å². The maximum atomic E-state index is 12.9. The molecule has 4 aromatic rings. The van der Waals surface area contributed by atoms with Crippen molar-refractivity contribution < 1.29 is 22.5 Å². The number of carbonyl (C=O) groups is 1. The number of hydrogen-bond acceptors (Lipinski definition) is 5. The summed E-state index contributed by atoms with van der Waals surface area (Å²) in [5.74, 6) is 0.110. The molecular formula is C20H14F3N5O2. The van der Waals surface area contributed by atoms with Crippen LogP contribution in [0.4, 0.5) is 13.2 Å². The van der Waals surface area contributed by atoms with Gasteiger partial charge in [0, 0.05) is 24.2 Å². The third kappa shape index (κ3) is 3.19. The Morgan fingerprint density at radius 1 is 1.17 bits per heavy atom. The summed E-state index contributed by atoms with van der Waals surface area (Å²) in [5, 5.41) is 3.80. The summed E-state index contributed by atoms with van der Waals surface area (Å²) in [4.78, 5) is 25.6. The summed E-state index contributed by atoms with van der Waals surface area (Å²) in [5.41, 5.74) is 1.54. The summed E-state index contributed by atoms with van der Waals surface area (Å²) < 4.78 is 43.9. The zero-order valence-electron chi connectivity index (χ0n) is 15.3. The van der Waals surface area contributed by atoms with Crippen molar-refractivity contribution in [2.75, 3.05) is 13.1 Å². The van der Waals surface area contributed by atoms with Crippen LogP contribution in [0.5, 0.6) is 0 Å². The predicted octanol–water partition coefficient (Wildman–Crippen LogP) is 3.87. The van der Waals surface area contributed by atoms with E-state index in [0.717, 1.165) is 23.2 Å². The molecule has 10 heteroatoms. The van der Waals surface area contributed by atoms with E-state index in [4.69, 9.17) is 4.52 Å². The van der Waals surface area contributed by atoms with E-state index in [-0.39, 0.29) is 23.2 Å². The van der Waals surface area contributed by atoms with Crippen LogP contribution in [0.15, 0.2) is 53.3 Å². The van der Waals surface area contributed by atoms with Crippen LogP contribution in [-0.2, 0) is 6.18 Å². The molecule has 2 aromatic carbocycles. The van der Waals surface area contributed by atoms with Gasteiger partial charge in [0.1, 0.15) is 0 Å². The van der Waals surface area contributed by atoms with Crippen molar-refractivity contribution in [3.05, 3.63) is 65.8 Å². The lowest BCUT2D eigenvalue weighted by Gasteiger charge is -2.37. The van der Waals surface area contributed by atoms with Gasteiger partial charge >= 0.3 is 6.18 Å². The topological polar surface area (TPSA) is 87.9 Å². The fraction of sp³-hybridized carbons (Fsp3) is 0.200. The number of rotatable bonds is 3. The first-order valence-electron chi connectivity index (χ1n) is 9.12. The Morgan fingerprint density at radius 3 is 2.80 bits per heavy atom. The van der Waals surface area contributed by atoms with Gasteiger partial charge in [-0.3, -0.25) is 4.79 Å². The fourth-order valence-corrected chi connectivity index (χ4v) is 3.40. The Hall–Kier alpha value is -3.69. The number of aromatic amines is 1. The molecule has 30 heavy (non-hydrogen) atoms. The highest BCUT2D eigenvalue weighted by atomic mass is 19.4. The summed E-state index contributed by atoms with van der Waals surface area (Å²) in [6.45, 7) is 0.786. The molecule has 0 unspecified atom stereocenters. The molecule has 0 atom stereocenters. The van der Waals surface area contributed by atoms with Gasteiger partial charge in [-0.15, -0.1) is 0 Å². The van der Waals surface area contributed by atoms with Gasteiger partial charge in [0.25, 0.3) is 5.91 Å². The molecule has 3 heterocycles. The molecule has 152 valence electrons. The number of alkyl halides is 3. The number of likely N-dealkylation sites (tertiary alicyclic amines) is 1. The number of halogens is 3. The average Bonchev–Trinajstić information content (AvgIpc) is 3.35. The second-order valence-corrected chi connectivity index (χ2v) is 7.08. The smallest absolute Gasteiger partial charge is 0.345 e. The van der Waals surface area contributed by atoms with Crippen molar-refractivity contribution in [1.29, 1.82) is 0 Å². The van der Waals surface area contributed by atoms with Crippen LogP contribution in [-0.4, -0.2) is 44.0 Å². The predicted molar refractivity (Wildman–Crippen MR) is 99.5 cm³/mol. The van der Waals surface area contributed by atoms with Crippen molar-refractivity contribution >= 4 is 16.9 Å². The number of nitrogens with zero attached hydrogens (tertiary/aromatic N) is 4. The molecule has 0 saturated carbocycles. The number of H-pyrrole nitrogens is 1. The molecular weight excluding hydrogens is 399 g/mol. The number of aromatic nitrogens is 4. The van der Waals surface area contributed by atoms with E-state index in [2.05, 4.69) is 20.1 Å². The standard InChI is InChI=1S/C20H14F3N5O2/c21-20(22,23)14-3-1-2-11(6-14)17-26-18(30-27-17)13-8-28(9-13)19(29)12-4-5-15-16(7-12)25-10-24-15/h1-7,10,13H,8-9H2,(H,24,25). The summed E-state index contributed by atoms with van der Waals surface area (Å²) in [6, 6.07) is 10.0. The highest BCUT2D eigenvalue weighted by molar-refractivity contribution is 5.97. The lowest BCUT2D eigenvalue weighted by molar-refractivity contribution is -0.137. The largest absolute Gasteiger partial charge is 0.416 e. The van der Waals surface area contributed by atoms with Crippen LogP contribution in [0.1, 0.15) is 27.7 Å². The fourth-order valence-electron chi connectivity index (χ4n) is 3.40. The minimum Gasteiger partial charge on any atom is -0.345 e. The van der Waals surface area contributed by atoms with E-state index in [1.165, 1.54) is 12.1 Å². The Balaban J connectivity index is 1.28. The van der Waals surface area contributed by atoms with Crippen LogP contribution in [0.25, 0.3) is 22.4 Å². The third-order valence-electron chi connectivity index (χ3n) is 5.08. The van der Waals surface area contributed by atoms with Crippen molar-refractivity contribution in [3.8, 4) is 11.4 Å². The number of amides is 1. The minimum atomic E-state index is -4.45. The first-order valence-corrected chi connectivity index (χ1v) is 9.12. The monoisotopic (exact) mass is 413 g/mol. The van der Waals surface area contributed by atoms with E-state index >= 15 is 0 Å². The van der Waals surface area contributed by atoms with Gasteiger partial charge in [0.05, 0.1) is 28.8 Å².